The average molecular weight is 341 g/mol. The molecule has 0 fully saturated rings. The molecule has 0 radical (unpaired) electrons. The predicted molar refractivity (Wildman–Crippen MR) is 94.2 cm³/mol. The van der Waals surface area contributed by atoms with Crippen LogP contribution in [0.25, 0.3) is 5.69 Å². The summed E-state index contributed by atoms with van der Waals surface area (Å²) in [5.41, 5.74) is 2.04. The van der Waals surface area contributed by atoms with Crippen LogP contribution in [-0.2, 0) is 0 Å². The molecule has 2 aromatic heterocycles. The first-order valence-corrected chi connectivity index (χ1v) is 8.56. The number of carbonyl (C=O) groups is 1. The summed E-state index contributed by atoms with van der Waals surface area (Å²) >= 11 is 1.53. The molecule has 0 aliphatic carbocycles. The third kappa shape index (κ3) is 3.80. The summed E-state index contributed by atoms with van der Waals surface area (Å²) < 4.78 is 1.93. The number of thiazole rings is 1. The van der Waals surface area contributed by atoms with Crippen molar-refractivity contribution in [1.82, 2.24) is 25.2 Å². The fourth-order valence-corrected chi connectivity index (χ4v) is 3.04. The Bertz CT molecular complexity index is 785. The van der Waals surface area contributed by atoms with Gasteiger partial charge in [-0.3, -0.25) is 0 Å². The van der Waals surface area contributed by atoms with E-state index in [0.717, 1.165) is 16.3 Å². The Hall–Kier alpha value is -2.67. The zero-order chi connectivity index (χ0) is 16.9. The lowest BCUT2D eigenvalue weighted by molar-refractivity contribution is 0.235. The molecule has 0 unspecified atom stereocenters. The van der Waals surface area contributed by atoms with Crippen LogP contribution in [-0.4, -0.2) is 20.6 Å². The molecular formula is C17H19N5OS. The van der Waals surface area contributed by atoms with Gasteiger partial charge in [-0.1, -0.05) is 12.1 Å². The minimum atomic E-state index is -0.210. The molecule has 6 nitrogen and oxygen atoms in total. The lowest BCUT2D eigenvalue weighted by Gasteiger charge is -2.18. The maximum Gasteiger partial charge on any atom is 0.315 e. The molecule has 1 aromatic carbocycles. The number of imidazole rings is 1. The lowest BCUT2D eigenvalue weighted by Crippen LogP contribution is -2.38. The number of nitrogens with zero attached hydrogens (tertiary/aromatic N) is 3. The molecule has 3 aromatic rings. The summed E-state index contributed by atoms with van der Waals surface area (Å²) in [6.07, 6.45) is 7.11. The van der Waals surface area contributed by atoms with Crippen molar-refractivity contribution in [1.29, 1.82) is 0 Å². The van der Waals surface area contributed by atoms with Crippen molar-refractivity contribution in [2.75, 3.05) is 0 Å². The van der Waals surface area contributed by atoms with Crippen molar-refractivity contribution in [2.24, 2.45) is 0 Å². The number of carbonyl (C=O) groups excluding carboxylic acids is 1. The van der Waals surface area contributed by atoms with Gasteiger partial charge in [0.25, 0.3) is 0 Å². The second-order valence-electron chi connectivity index (χ2n) is 5.50. The van der Waals surface area contributed by atoms with E-state index in [1.165, 1.54) is 11.3 Å². The predicted octanol–water partition coefficient (Wildman–Crippen LogP) is 3.45. The number of benzene rings is 1. The number of urea groups is 1. The first-order valence-electron chi connectivity index (χ1n) is 7.68. The van der Waals surface area contributed by atoms with E-state index in [4.69, 9.17) is 0 Å². The van der Waals surface area contributed by atoms with Crippen molar-refractivity contribution in [3.63, 3.8) is 0 Å². The maximum absolute atomic E-state index is 12.2. The lowest BCUT2D eigenvalue weighted by atomic mass is 10.1. The molecule has 0 saturated carbocycles. The first-order chi connectivity index (χ1) is 11.6. The van der Waals surface area contributed by atoms with Crippen molar-refractivity contribution < 1.29 is 4.79 Å². The van der Waals surface area contributed by atoms with Crippen LogP contribution in [0.4, 0.5) is 4.79 Å². The van der Waals surface area contributed by atoms with Gasteiger partial charge in [-0.2, -0.15) is 0 Å². The van der Waals surface area contributed by atoms with Crippen molar-refractivity contribution in [2.45, 2.75) is 25.9 Å². The normalized spacial score (nSPS) is 13.2. The highest BCUT2D eigenvalue weighted by atomic mass is 32.1. The van der Waals surface area contributed by atoms with Gasteiger partial charge in [-0.05, 0) is 31.5 Å². The largest absolute Gasteiger partial charge is 0.332 e. The van der Waals surface area contributed by atoms with E-state index in [1.807, 2.05) is 54.3 Å². The van der Waals surface area contributed by atoms with Gasteiger partial charge in [0.15, 0.2) is 0 Å². The van der Waals surface area contributed by atoms with E-state index in [1.54, 1.807) is 18.7 Å². The Morgan fingerprint density at radius 2 is 2.04 bits per heavy atom. The zero-order valence-corrected chi connectivity index (χ0v) is 14.3. The highest BCUT2D eigenvalue weighted by Crippen LogP contribution is 2.18. The summed E-state index contributed by atoms with van der Waals surface area (Å²) in [6.45, 7) is 3.88. The molecule has 2 heterocycles. The Morgan fingerprint density at radius 1 is 1.21 bits per heavy atom. The van der Waals surface area contributed by atoms with Gasteiger partial charge in [0.1, 0.15) is 5.01 Å². The Balaban J connectivity index is 1.63. The van der Waals surface area contributed by atoms with Crippen LogP contribution in [0.3, 0.4) is 0 Å². The standard InChI is InChI=1S/C17H19N5OS/c1-12(20-17(23)21-13(2)16-19-7-9-24-16)14-4-3-5-15(10-14)22-8-6-18-11-22/h3-13H,1-2H3,(H2,20,21,23)/t12-,13-/m1/s1. The molecule has 0 aliphatic rings. The molecular weight excluding hydrogens is 322 g/mol. The van der Waals surface area contributed by atoms with Crippen LogP contribution in [0.15, 0.2) is 54.6 Å². The van der Waals surface area contributed by atoms with Gasteiger partial charge in [0, 0.05) is 29.7 Å². The second kappa shape index (κ2) is 7.27. The van der Waals surface area contributed by atoms with E-state index in [2.05, 4.69) is 20.6 Å². The van der Waals surface area contributed by atoms with Gasteiger partial charge in [-0.25, -0.2) is 14.8 Å². The number of hydrogen-bond acceptors (Lipinski definition) is 4. The van der Waals surface area contributed by atoms with Gasteiger partial charge in [0.2, 0.25) is 0 Å². The molecule has 0 saturated heterocycles. The van der Waals surface area contributed by atoms with E-state index in [-0.39, 0.29) is 18.1 Å². The molecule has 2 atom stereocenters. The molecule has 0 bridgehead atoms. The molecule has 3 rings (SSSR count). The topological polar surface area (TPSA) is 71.8 Å². The highest BCUT2D eigenvalue weighted by molar-refractivity contribution is 7.09. The van der Waals surface area contributed by atoms with Crippen molar-refractivity contribution in [3.8, 4) is 5.69 Å². The molecule has 2 N–H and O–H groups in total. The van der Waals surface area contributed by atoms with Crippen LogP contribution in [0.2, 0.25) is 0 Å². The van der Waals surface area contributed by atoms with Gasteiger partial charge in [-0.15, -0.1) is 11.3 Å². The number of hydrogen-bond donors (Lipinski definition) is 2. The summed E-state index contributed by atoms with van der Waals surface area (Å²) in [5, 5.41) is 8.66. The summed E-state index contributed by atoms with van der Waals surface area (Å²) in [6, 6.07) is 7.57. The van der Waals surface area contributed by atoms with Gasteiger partial charge >= 0.3 is 6.03 Å². The summed E-state index contributed by atoms with van der Waals surface area (Å²) in [5.74, 6) is 0. The van der Waals surface area contributed by atoms with E-state index >= 15 is 0 Å². The van der Waals surface area contributed by atoms with Gasteiger partial charge in [0.05, 0.1) is 18.4 Å². The van der Waals surface area contributed by atoms with Crippen LogP contribution < -0.4 is 10.6 Å². The van der Waals surface area contributed by atoms with E-state index < -0.39 is 0 Å². The number of rotatable bonds is 5. The smallest absolute Gasteiger partial charge is 0.315 e. The number of nitrogens with one attached hydrogen (secondary N) is 2. The maximum atomic E-state index is 12.2. The average Bonchev–Trinajstić information content (AvgIpc) is 3.28. The summed E-state index contributed by atoms with van der Waals surface area (Å²) in [4.78, 5) is 20.5. The van der Waals surface area contributed by atoms with Crippen molar-refractivity contribution >= 4 is 17.4 Å². The van der Waals surface area contributed by atoms with Crippen molar-refractivity contribution in [3.05, 3.63) is 65.1 Å². The summed E-state index contributed by atoms with van der Waals surface area (Å²) in [7, 11) is 0. The minimum Gasteiger partial charge on any atom is -0.332 e. The monoisotopic (exact) mass is 341 g/mol. The third-order valence-electron chi connectivity index (χ3n) is 3.69. The van der Waals surface area contributed by atoms with E-state index in [9.17, 15) is 4.79 Å². The SMILES string of the molecule is C[C@@H](NC(=O)N[C@H](C)c1nccs1)c1cccc(-n2ccnc2)c1. The van der Waals surface area contributed by atoms with Crippen LogP contribution in [0, 0.1) is 0 Å². The Labute approximate surface area is 144 Å². The fourth-order valence-electron chi connectivity index (χ4n) is 2.39. The van der Waals surface area contributed by atoms with Crippen LogP contribution in [0.1, 0.15) is 36.5 Å². The molecule has 7 heteroatoms. The van der Waals surface area contributed by atoms with Gasteiger partial charge < -0.3 is 15.2 Å². The highest BCUT2D eigenvalue weighted by Gasteiger charge is 2.14. The zero-order valence-electron chi connectivity index (χ0n) is 13.5. The molecule has 24 heavy (non-hydrogen) atoms. The van der Waals surface area contributed by atoms with Crippen LogP contribution >= 0.6 is 11.3 Å². The minimum absolute atomic E-state index is 0.114. The fraction of sp³-hybridized carbons (Fsp3) is 0.235. The van der Waals surface area contributed by atoms with Crippen LogP contribution in [0.5, 0.6) is 0 Å². The molecule has 0 spiro atoms. The molecule has 124 valence electrons. The quantitative estimate of drug-likeness (QED) is 0.746. The Kier molecular flexibility index (Phi) is 4.90. The van der Waals surface area contributed by atoms with E-state index in [0.29, 0.717) is 0 Å². The Morgan fingerprint density at radius 3 is 2.75 bits per heavy atom. The number of amides is 2. The molecule has 2 amide bonds. The first kappa shape index (κ1) is 16.2. The third-order valence-corrected chi connectivity index (χ3v) is 4.65. The number of aromatic nitrogens is 3. The second-order valence-corrected chi connectivity index (χ2v) is 6.42. The molecule has 0 aliphatic heterocycles.